The van der Waals surface area contributed by atoms with E-state index in [2.05, 4.69) is 4.98 Å². The van der Waals surface area contributed by atoms with Crippen LogP contribution >= 0.6 is 0 Å². The Labute approximate surface area is 111 Å². The fraction of sp³-hybridized carbons (Fsp3) is 0. The van der Waals surface area contributed by atoms with Gasteiger partial charge in [0.05, 0.1) is 0 Å². The van der Waals surface area contributed by atoms with Crippen molar-refractivity contribution in [1.29, 1.82) is 0 Å². The van der Waals surface area contributed by atoms with Crippen LogP contribution in [0.3, 0.4) is 0 Å². The third kappa shape index (κ3) is 9.40. The summed E-state index contributed by atoms with van der Waals surface area (Å²) >= 11 is 0. The standard InChI is InChI=1S/C6H6O.C5H5N.CH3.Cd/c7-6-4-2-1-3-5-6;1-2-4-6-5-3-1;;/h1-5,7H;1-5H;1H3;/q;;-1;. The van der Waals surface area contributed by atoms with E-state index in [1.54, 1.807) is 36.7 Å². The van der Waals surface area contributed by atoms with E-state index in [0.29, 0.717) is 5.75 Å². The Balaban J connectivity index is 0. The second-order valence-corrected chi connectivity index (χ2v) is 2.36. The number of aromatic hydroxyl groups is 1. The van der Waals surface area contributed by atoms with E-state index in [-0.39, 0.29) is 34.7 Å². The summed E-state index contributed by atoms with van der Waals surface area (Å²) in [6.07, 6.45) is 3.50. The molecule has 76 valence electrons. The Hall–Kier alpha value is -0.908. The number of benzene rings is 1. The van der Waals surface area contributed by atoms with E-state index < -0.39 is 0 Å². The summed E-state index contributed by atoms with van der Waals surface area (Å²) < 4.78 is 0. The third-order valence-electron chi connectivity index (χ3n) is 1.32. The number of hydrogen-bond donors (Lipinski definition) is 1. The Morgan fingerprint density at radius 2 is 1.27 bits per heavy atom. The first-order valence-electron chi connectivity index (χ1n) is 3.98. The fourth-order valence-electron chi connectivity index (χ4n) is 0.741. The number of aromatic nitrogens is 1. The number of rotatable bonds is 0. The molecule has 0 aliphatic rings. The van der Waals surface area contributed by atoms with Crippen molar-refractivity contribution >= 4 is 0 Å². The number of phenols is 1. The van der Waals surface area contributed by atoms with E-state index in [9.17, 15) is 0 Å². The quantitative estimate of drug-likeness (QED) is 0.599. The topological polar surface area (TPSA) is 33.1 Å². The predicted octanol–water partition coefficient (Wildman–Crippen LogP) is 2.92. The van der Waals surface area contributed by atoms with Gasteiger partial charge in [0.2, 0.25) is 0 Å². The van der Waals surface area contributed by atoms with Crippen LogP contribution in [0.5, 0.6) is 5.75 Å². The van der Waals surface area contributed by atoms with Crippen molar-refractivity contribution in [3.63, 3.8) is 0 Å². The zero-order chi connectivity index (χ0) is 9.36. The van der Waals surface area contributed by atoms with E-state index in [1.807, 2.05) is 24.3 Å². The minimum Gasteiger partial charge on any atom is -0.508 e. The number of pyridine rings is 1. The van der Waals surface area contributed by atoms with Crippen LogP contribution in [0.4, 0.5) is 0 Å². The monoisotopic (exact) mass is 302 g/mol. The van der Waals surface area contributed by atoms with Crippen molar-refractivity contribution in [2.75, 3.05) is 0 Å². The minimum atomic E-state index is 0. The van der Waals surface area contributed by atoms with Gasteiger partial charge in [0.1, 0.15) is 5.75 Å². The van der Waals surface area contributed by atoms with Gasteiger partial charge in [0, 0.05) is 39.7 Å². The van der Waals surface area contributed by atoms with E-state index in [4.69, 9.17) is 5.11 Å². The maximum Gasteiger partial charge on any atom is 0.115 e. The summed E-state index contributed by atoms with van der Waals surface area (Å²) in [6.45, 7) is 0. The molecule has 2 aromatic rings. The molecule has 0 aliphatic carbocycles. The van der Waals surface area contributed by atoms with Gasteiger partial charge in [-0.2, -0.15) is 0 Å². The SMILES string of the molecule is Oc1ccccc1.[CH3-].[Cd].c1ccncc1. The number of phenolic OH excluding ortho intramolecular Hbond substituents is 1. The molecule has 0 saturated carbocycles. The minimum absolute atomic E-state index is 0. The van der Waals surface area contributed by atoms with Crippen molar-refractivity contribution in [2.45, 2.75) is 0 Å². The fourth-order valence-corrected chi connectivity index (χ4v) is 0.741. The summed E-state index contributed by atoms with van der Waals surface area (Å²) in [5.41, 5.74) is 0. The first-order chi connectivity index (χ1) is 6.39. The van der Waals surface area contributed by atoms with Gasteiger partial charge in [0.25, 0.3) is 0 Å². The molecule has 0 aliphatic heterocycles. The van der Waals surface area contributed by atoms with Crippen LogP contribution < -0.4 is 0 Å². The summed E-state index contributed by atoms with van der Waals surface area (Å²) in [6, 6.07) is 14.4. The van der Waals surface area contributed by atoms with Gasteiger partial charge >= 0.3 is 0 Å². The molecule has 15 heavy (non-hydrogen) atoms. The van der Waals surface area contributed by atoms with Gasteiger partial charge < -0.3 is 12.5 Å². The van der Waals surface area contributed by atoms with Crippen molar-refractivity contribution < 1.29 is 32.4 Å². The molecule has 2 rings (SSSR count). The Morgan fingerprint density at radius 3 is 1.47 bits per heavy atom. The van der Waals surface area contributed by atoms with Gasteiger partial charge in [-0.25, -0.2) is 0 Å². The second-order valence-electron chi connectivity index (χ2n) is 2.36. The molecule has 0 unspecified atom stereocenters. The maximum atomic E-state index is 8.63. The largest absolute Gasteiger partial charge is 0.508 e. The molecule has 1 aromatic heterocycles. The molecule has 0 amide bonds. The van der Waals surface area contributed by atoms with Crippen LogP contribution in [0, 0.1) is 7.43 Å². The van der Waals surface area contributed by atoms with Crippen LogP contribution in [0.2, 0.25) is 0 Å². The molecule has 0 spiro atoms. The van der Waals surface area contributed by atoms with Crippen LogP contribution in [0.1, 0.15) is 0 Å². The van der Waals surface area contributed by atoms with Gasteiger partial charge in [-0.15, -0.1) is 0 Å². The molecule has 0 atom stereocenters. The van der Waals surface area contributed by atoms with Gasteiger partial charge in [-0.3, -0.25) is 4.98 Å². The van der Waals surface area contributed by atoms with Crippen LogP contribution in [-0.4, -0.2) is 10.1 Å². The summed E-state index contributed by atoms with van der Waals surface area (Å²) in [5, 5.41) is 8.63. The molecule has 1 aromatic carbocycles. The Morgan fingerprint density at radius 1 is 0.800 bits per heavy atom. The molecule has 3 heteroatoms. The van der Waals surface area contributed by atoms with Crippen LogP contribution in [0.15, 0.2) is 60.9 Å². The van der Waals surface area contributed by atoms with Crippen molar-refractivity contribution in [3.05, 3.63) is 68.4 Å². The Bertz CT molecular complexity index is 286. The van der Waals surface area contributed by atoms with Crippen molar-refractivity contribution in [3.8, 4) is 5.75 Å². The predicted molar refractivity (Wildman–Crippen MR) is 58.8 cm³/mol. The summed E-state index contributed by atoms with van der Waals surface area (Å²) in [4.78, 5) is 3.78. The maximum absolute atomic E-state index is 8.63. The number of hydrogen-bond acceptors (Lipinski definition) is 2. The van der Waals surface area contributed by atoms with E-state index in [0.717, 1.165) is 0 Å². The normalized spacial score (nSPS) is 7.20. The van der Waals surface area contributed by atoms with Crippen molar-refractivity contribution in [2.24, 2.45) is 0 Å². The molecule has 0 fully saturated rings. The molecule has 0 saturated heterocycles. The Kier molecular flexibility index (Phi) is 12.3. The number of nitrogens with zero attached hydrogens (tertiary/aromatic N) is 1. The van der Waals surface area contributed by atoms with Crippen molar-refractivity contribution in [1.82, 2.24) is 4.98 Å². The zero-order valence-electron chi connectivity index (χ0n) is 8.88. The van der Waals surface area contributed by atoms with E-state index >= 15 is 0 Å². The molecule has 2 nitrogen and oxygen atoms in total. The van der Waals surface area contributed by atoms with E-state index in [1.165, 1.54) is 0 Å². The molecule has 1 heterocycles. The molecule has 0 radical (unpaired) electrons. The molecular weight excluding hydrogens is 287 g/mol. The summed E-state index contributed by atoms with van der Waals surface area (Å²) in [7, 11) is 0. The molecular formula is C12H14CdNO-. The second kappa shape index (κ2) is 11.2. The van der Waals surface area contributed by atoms with Crippen LogP contribution in [-0.2, 0) is 27.3 Å². The first-order valence-corrected chi connectivity index (χ1v) is 3.98. The average Bonchev–Trinajstić information content (AvgIpc) is 2.22. The molecule has 0 bridgehead atoms. The van der Waals surface area contributed by atoms with Gasteiger partial charge in [-0.1, -0.05) is 24.3 Å². The zero-order valence-corrected chi connectivity index (χ0v) is 12.9. The average molecular weight is 301 g/mol. The third-order valence-corrected chi connectivity index (χ3v) is 1.32. The smallest absolute Gasteiger partial charge is 0.115 e. The summed E-state index contributed by atoms with van der Waals surface area (Å²) in [5.74, 6) is 0.322. The number of para-hydroxylation sites is 1. The van der Waals surface area contributed by atoms with Gasteiger partial charge in [0.15, 0.2) is 0 Å². The first kappa shape index (κ1) is 16.5. The van der Waals surface area contributed by atoms with Crippen LogP contribution in [0.25, 0.3) is 0 Å². The molecule has 1 N–H and O–H groups in total. The van der Waals surface area contributed by atoms with Gasteiger partial charge in [-0.05, 0) is 24.3 Å².